The van der Waals surface area contributed by atoms with E-state index in [1.54, 1.807) is 0 Å². The standard InChI is InChI=1S/C26H50O5Si2/c1-21-7-3-9-25(15-21)33(26-10-4-8-22(2)16-26,14-6-12-28-18-24-20-30-24)31-32-13-5-11-27-17-23-19-29-23/h21-26H,3-20,32H2,1-2H3. The minimum Gasteiger partial charge on any atom is -0.460 e. The SMILES string of the molecule is CC1CCCC([Si](CCCOCC2CO2)(O[SiH2]CCCOCC2CO2)C2CCCC(C)C2)C1. The van der Waals surface area contributed by atoms with Crippen molar-refractivity contribution in [3.05, 3.63) is 0 Å². The molecule has 0 N–H and O–H groups in total. The Balaban J connectivity index is 1.35. The van der Waals surface area contributed by atoms with E-state index in [1.165, 1.54) is 69.9 Å². The van der Waals surface area contributed by atoms with Crippen molar-refractivity contribution >= 4 is 18.1 Å². The van der Waals surface area contributed by atoms with E-state index in [9.17, 15) is 0 Å². The summed E-state index contributed by atoms with van der Waals surface area (Å²) in [5.74, 6) is 1.76. The summed E-state index contributed by atoms with van der Waals surface area (Å²) >= 11 is 0. The monoisotopic (exact) mass is 498 g/mol. The zero-order chi connectivity index (χ0) is 22.9. The van der Waals surface area contributed by atoms with Gasteiger partial charge < -0.3 is 23.1 Å². The van der Waals surface area contributed by atoms with Gasteiger partial charge in [0.2, 0.25) is 0 Å². The molecule has 2 aliphatic carbocycles. The van der Waals surface area contributed by atoms with Gasteiger partial charge in [-0.1, -0.05) is 52.4 Å². The van der Waals surface area contributed by atoms with Crippen molar-refractivity contribution in [2.24, 2.45) is 11.8 Å². The lowest BCUT2D eigenvalue weighted by Crippen LogP contribution is -2.51. The molecule has 2 heterocycles. The quantitative estimate of drug-likeness (QED) is 0.166. The average molecular weight is 499 g/mol. The Bertz CT molecular complexity index is 535. The van der Waals surface area contributed by atoms with Crippen molar-refractivity contribution in [2.45, 2.75) is 113 Å². The van der Waals surface area contributed by atoms with E-state index in [1.807, 2.05) is 0 Å². The van der Waals surface area contributed by atoms with Crippen molar-refractivity contribution < 1.29 is 23.1 Å². The fourth-order valence-corrected chi connectivity index (χ4v) is 16.7. The molecule has 0 spiro atoms. The highest BCUT2D eigenvalue weighted by Crippen LogP contribution is 2.52. The molecule has 0 radical (unpaired) electrons. The molecule has 0 aromatic rings. The first-order chi connectivity index (χ1) is 16.2. The molecule has 2 aliphatic heterocycles. The van der Waals surface area contributed by atoms with E-state index in [-0.39, 0.29) is 0 Å². The molecule has 4 fully saturated rings. The second-order valence-electron chi connectivity index (χ2n) is 11.6. The van der Waals surface area contributed by atoms with Crippen LogP contribution in [0, 0.1) is 11.8 Å². The van der Waals surface area contributed by atoms with Gasteiger partial charge in [0, 0.05) is 13.2 Å². The summed E-state index contributed by atoms with van der Waals surface area (Å²) in [6.07, 6.45) is 14.5. The molecule has 2 saturated carbocycles. The van der Waals surface area contributed by atoms with Crippen LogP contribution >= 0.6 is 0 Å². The fraction of sp³-hybridized carbons (Fsp3) is 1.00. The minimum absolute atomic E-state index is 0.378. The maximum Gasteiger partial charge on any atom is 0.185 e. The third-order valence-electron chi connectivity index (χ3n) is 8.58. The highest BCUT2D eigenvalue weighted by atomic mass is 28.4. The lowest BCUT2D eigenvalue weighted by atomic mass is 9.90. The first kappa shape index (κ1) is 26.3. The second kappa shape index (κ2) is 13.5. The summed E-state index contributed by atoms with van der Waals surface area (Å²) in [7, 11) is -2.33. The number of hydrogen-bond donors (Lipinski definition) is 0. The molecule has 7 heteroatoms. The van der Waals surface area contributed by atoms with Crippen LogP contribution in [-0.2, 0) is 23.1 Å². The molecule has 6 atom stereocenters. The Morgan fingerprint density at radius 1 is 0.788 bits per heavy atom. The molecule has 0 amide bonds. The summed E-state index contributed by atoms with van der Waals surface area (Å²) in [5.41, 5.74) is 1.75. The number of rotatable bonds is 16. The van der Waals surface area contributed by atoms with E-state index < -0.39 is 18.1 Å². The normalized spacial score (nSPS) is 36.2. The van der Waals surface area contributed by atoms with Gasteiger partial charge in [0.1, 0.15) is 22.0 Å². The average Bonchev–Trinajstić information content (AvgIpc) is 3.73. The van der Waals surface area contributed by atoms with Crippen LogP contribution < -0.4 is 0 Å². The summed E-state index contributed by atoms with van der Waals surface area (Å²) in [4.78, 5) is 0. The zero-order valence-electron chi connectivity index (χ0n) is 21.4. The zero-order valence-corrected chi connectivity index (χ0v) is 23.9. The first-order valence-corrected chi connectivity index (χ1v) is 18.0. The number of ether oxygens (including phenoxy) is 4. The van der Waals surface area contributed by atoms with Gasteiger partial charge in [-0.25, -0.2) is 0 Å². The lowest BCUT2D eigenvalue weighted by molar-refractivity contribution is 0.116. The van der Waals surface area contributed by atoms with Crippen molar-refractivity contribution in [3.63, 3.8) is 0 Å². The number of hydrogen-bond acceptors (Lipinski definition) is 5. The summed E-state index contributed by atoms with van der Waals surface area (Å²) in [6.45, 7) is 10.1. The van der Waals surface area contributed by atoms with Crippen molar-refractivity contribution in [1.82, 2.24) is 0 Å². The van der Waals surface area contributed by atoms with Gasteiger partial charge in [-0.05, 0) is 60.7 Å². The summed E-state index contributed by atoms with van der Waals surface area (Å²) in [6, 6.07) is 2.59. The molecule has 0 bridgehead atoms. The van der Waals surface area contributed by atoms with Gasteiger partial charge in [-0.3, -0.25) is 0 Å². The van der Waals surface area contributed by atoms with Gasteiger partial charge in [-0.2, -0.15) is 0 Å². The van der Waals surface area contributed by atoms with Gasteiger partial charge in [0.25, 0.3) is 0 Å². The predicted octanol–water partition coefficient (Wildman–Crippen LogP) is 5.22. The first-order valence-electron chi connectivity index (χ1n) is 14.2. The van der Waals surface area contributed by atoms with Gasteiger partial charge in [0.15, 0.2) is 8.32 Å². The molecule has 192 valence electrons. The van der Waals surface area contributed by atoms with E-state index >= 15 is 0 Å². The Kier molecular flexibility index (Phi) is 10.8. The molecular formula is C26H50O5Si2. The highest BCUT2D eigenvalue weighted by Gasteiger charge is 2.50. The molecule has 4 aliphatic rings. The summed E-state index contributed by atoms with van der Waals surface area (Å²) in [5, 5.41) is 0. The molecule has 6 unspecified atom stereocenters. The van der Waals surface area contributed by atoms with Gasteiger partial charge in [0.05, 0.1) is 26.4 Å². The highest BCUT2D eigenvalue weighted by molar-refractivity contribution is 6.80. The molecule has 0 aromatic carbocycles. The van der Waals surface area contributed by atoms with E-state index in [0.29, 0.717) is 12.2 Å². The Morgan fingerprint density at radius 2 is 1.33 bits per heavy atom. The van der Waals surface area contributed by atoms with Crippen LogP contribution in [0.25, 0.3) is 0 Å². The predicted molar refractivity (Wildman–Crippen MR) is 138 cm³/mol. The van der Waals surface area contributed by atoms with Crippen LogP contribution in [0.15, 0.2) is 0 Å². The molecule has 33 heavy (non-hydrogen) atoms. The van der Waals surface area contributed by atoms with Crippen LogP contribution in [0.5, 0.6) is 0 Å². The maximum absolute atomic E-state index is 7.40. The van der Waals surface area contributed by atoms with E-state index in [4.69, 9.17) is 23.1 Å². The topological polar surface area (TPSA) is 52.8 Å². The smallest absolute Gasteiger partial charge is 0.185 e. The third kappa shape index (κ3) is 8.69. The lowest BCUT2D eigenvalue weighted by Gasteiger charge is -2.49. The Labute approximate surface area is 206 Å². The number of epoxide rings is 2. The molecule has 5 nitrogen and oxygen atoms in total. The van der Waals surface area contributed by atoms with E-state index in [0.717, 1.165) is 69.0 Å². The van der Waals surface area contributed by atoms with Crippen LogP contribution in [0.4, 0.5) is 0 Å². The molecule has 4 rings (SSSR count). The van der Waals surface area contributed by atoms with Crippen molar-refractivity contribution in [2.75, 3.05) is 39.6 Å². The van der Waals surface area contributed by atoms with Crippen LogP contribution in [0.2, 0.25) is 23.2 Å². The summed E-state index contributed by atoms with van der Waals surface area (Å²) < 4.78 is 29.8. The van der Waals surface area contributed by atoms with Crippen molar-refractivity contribution in [3.8, 4) is 0 Å². The maximum atomic E-state index is 7.40. The molecular weight excluding hydrogens is 448 g/mol. The largest absolute Gasteiger partial charge is 0.460 e. The van der Waals surface area contributed by atoms with Crippen LogP contribution in [-0.4, -0.2) is 69.9 Å². The second-order valence-corrected chi connectivity index (χ2v) is 17.9. The molecule has 2 saturated heterocycles. The third-order valence-corrected chi connectivity index (χ3v) is 17.3. The van der Waals surface area contributed by atoms with Gasteiger partial charge >= 0.3 is 0 Å². The van der Waals surface area contributed by atoms with Gasteiger partial charge in [-0.15, -0.1) is 0 Å². The Morgan fingerprint density at radius 3 is 1.85 bits per heavy atom. The van der Waals surface area contributed by atoms with Crippen LogP contribution in [0.3, 0.4) is 0 Å². The van der Waals surface area contributed by atoms with Crippen LogP contribution in [0.1, 0.15) is 78.1 Å². The van der Waals surface area contributed by atoms with E-state index in [2.05, 4.69) is 13.8 Å². The van der Waals surface area contributed by atoms with Crippen molar-refractivity contribution in [1.29, 1.82) is 0 Å². The minimum atomic E-state index is -1.83. The Hall–Kier alpha value is 0.234. The molecule has 0 aromatic heterocycles. The fourth-order valence-electron chi connectivity index (χ4n) is 6.58.